The summed E-state index contributed by atoms with van der Waals surface area (Å²) in [6.07, 6.45) is 1.93. The number of aliphatic hydroxyl groups excluding tert-OH is 1. The summed E-state index contributed by atoms with van der Waals surface area (Å²) in [5.41, 5.74) is 1.20. The fourth-order valence-corrected chi connectivity index (χ4v) is 2.85. The number of hydrogen-bond donors (Lipinski definition) is 2. The molecule has 2 rings (SSSR count). The molecule has 3 nitrogen and oxygen atoms in total. The summed E-state index contributed by atoms with van der Waals surface area (Å²) in [6.45, 7) is 7.33. The normalized spacial score (nSPS) is 13.4. The van der Waals surface area contributed by atoms with Gasteiger partial charge in [-0.1, -0.05) is 51.1 Å². The smallest absolute Gasteiger partial charge is 0.0981 e. The van der Waals surface area contributed by atoms with E-state index in [4.69, 9.17) is 0 Å². The molecule has 1 aromatic heterocycles. The third kappa shape index (κ3) is 3.88. The van der Waals surface area contributed by atoms with Crippen LogP contribution < -0.4 is 5.32 Å². The molecule has 0 bridgehead atoms. The zero-order valence-corrected chi connectivity index (χ0v) is 13.1. The maximum Gasteiger partial charge on any atom is 0.0981 e. The van der Waals surface area contributed by atoms with Crippen LogP contribution in [-0.4, -0.2) is 16.7 Å². The van der Waals surface area contributed by atoms with Crippen LogP contribution in [0.15, 0.2) is 36.5 Å². The lowest BCUT2D eigenvalue weighted by molar-refractivity contribution is 0.244. The summed E-state index contributed by atoms with van der Waals surface area (Å²) >= 11 is 1.73. The number of hydrogen-bond acceptors (Lipinski definition) is 4. The van der Waals surface area contributed by atoms with E-state index in [1.54, 1.807) is 11.3 Å². The third-order valence-electron chi connectivity index (χ3n) is 3.10. The molecule has 0 radical (unpaired) electrons. The monoisotopic (exact) mass is 290 g/mol. The van der Waals surface area contributed by atoms with Gasteiger partial charge in [-0.25, -0.2) is 4.98 Å². The molecule has 0 unspecified atom stereocenters. The minimum Gasteiger partial charge on any atom is -0.394 e. The van der Waals surface area contributed by atoms with Gasteiger partial charge in [0.05, 0.1) is 17.7 Å². The molecule has 0 amide bonds. The van der Waals surface area contributed by atoms with Gasteiger partial charge in [0, 0.05) is 23.0 Å². The van der Waals surface area contributed by atoms with E-state index in [2.05, 4.69) is 31.1 Å². The zero-order chi connectivity index (χ0) is 14.6. The second-order valence-corrected chi connectivity index (χ2v) is 7.02. The minimum absolute atomic E-state index is 0.0311. The average Bonchev–Trinajstić information content (AvgIpc) is 2.89. The Hall–Kier alpha value is -1.23. The molecule has 108 valence electrons. The molecule has 0 saturated heterocycles. The number of benzene rings is 1. The molecule has 1 atom stereocenters. The highest BCUT2D eigenvalue weighted by Crippen LogP contribution is 2.27. The van der Waals surface area contributed by atoms with Gasteiger partial charge in [0.1, 0.15) is 0 Å². The first-order chi connectivity index (χ1) is 9.50. The molecule has 0 aliphatic rings. The molecule has 0 saturated carbocycles. The molecule has 1 aromatic carbocycles. The van der Waals surface area contributed by atoms with Crippen molar-refractivity contribution in [3.8, 4) is 0 Å². The molecule has 2 N–H and O–H groups in total. The van der Waals surface area contributed by atoms with E-state index in [1.807, 2.05) is 36.5 Å². The standard InChI is InChI=1S/C16H22N2OS/c1-16(2,3)15-18-10-13(20-15)9-17-14(11-19)12-7-5-4-6-8-12/h4-8,10,14,17,19H,9,11H2,1-3H3/t14-/m0/s1. The fraction of sp³-hybridized carbons (Fsp3) is 0.438. The van der Waals surface area contributed by atoms with Crippen molar-refractivity contribution in [3.05, 3.63) is 52.0 Å². The summed E-state index contributed by atoms with van der Waals surface area (Å²) in [5, 5.41) is 14.1. The Morgan fingerprint density at radius 1 is 1.25 bits per heavy atom. The van der Waals surface area contributed by atoms with Crippen LogP contribution in [0.25, 0.3) is 0 Å². The van der Waals surface area contributed by atoms with Gasteiger partial charge in [0.2, 0.25) is 0 Å². The Balaban J connectivity index is 1.99. The van der Waals surface area contributed by atoms with Crippen molar-refractivity contribution in [2.75, 3.05) is 6.61 Å². The van der Waals surface area contributed by atoms with Crippen molar-refractivity contribution >= 4 is 11.3 Å². The average molecular weight is 290 g/mol. The van der Waals surface area contributed by atoms with Crippen LogP contribution in [0.3, 0.4) is 0 Å². The lowest BCUT2D eigenvalue weighted by Gasteiger charge is -2.16. The lowest BCUT2D eigenvalue weighted by atomic mass is 9.98. The van der Waals surface area contributed by atoms with E-state index < -0.39 is 0 Å². The maximum absolute atomic E-state index is 9.52. The second-order valence-electron chi connectivity index (χ2n) is 5.91. The van der Waals surface area contributed by atoms with E-state index in [0.29, 0.717) is 0 Å². The predicted molar refractivity (Wildman–Crippen MR) is 83.9 cm³/mol. The van der Waals surface area contributed by atoms with Crippen LogP contribution in [0.1, 0.15) is 42.3 Å². The molecule has 0 aliphatic heterocycles. The zero-order valence-electron chi connectivity index (χ0n) is 12.3. The highest BCUT2D eigenvalue weighted by Gasteiger charge is 2.18. The van der Waals surface area contributed by atoms with Gasteiger partial charge in [-0.2, -0.15) is 0 Å². The maximum atomic E-state index is 9.52. The summed E-state index contributed by atoms with van der Waals surface area (Å²) in [6, 6.07) is 9.99. The third-order valence-corrected chi connectivity index (χ3v) is 4.53. The van der Waals surface area contributed by atoms with Gasteiger partial charge in [-0.15, -0.1) is 11.3 Å². The number of aromatic nitrogens is 1. The van der Waals surface area contributed by atoms with Crippen molar-refractivity contribution in [3.63, 3.8) is 0 Å². The SMILES string of the molecule is CC(C)(C)c1ncc(CN[C@@H](CO)c2ccccc2)s1. The van der Waals surface area contributed by atoms with Gasteiger partial charge >= 0.3 is 0 Å². The van der Waals surface area contributed by atoms with Gasteiger partial charge in [-0.05, 0) is 5.56 Å². The van der Waals surface area contributed by atoms with E-state index in [1.165, 1.54) is 4.88 Å². The van der Waals surface area contributed by atoms with Crippen molar-refractivity contribution < 1.29 is 5.11 Å². The Kier molecular flexibility index (Phi) is 4.91. The van der Waals surface area contributed by atoms with Crippen molar-refractivity contribution in [2.45, 2.75) is 38.8 Å². The molecule has 20 heavy (non-hydrogen) atoms. The van der Waals surface area contributed by atoms with Crippen molar-refractivity contribution in [2.24, 2.45) is 0 Å². The number of aliphatic hydroxyl groups is 1. The van der Waals surface area contributed by atoms with E-state index in [0.717, 1.165) is 17.1 Å². The number of thiazole rings is 1. The van der Waals surface area contributed by atoms with Crippen molar-refractivity contribution in [1.82, 2.24) is 10.3 Å². The molecule has 1 heterocycles. The second kappa shape index (κ2) is 6.48. The largest absolute Gasteiger partial charge is 0.394 e. The molecular formula is C16H22N2OS. The summed E-state index contributed by atoms with van der Waals surface area (Å²) < 4.78 is 0. The highest BCUT2D eigenvalue weighted by molar-refractivity contribution is 7.11. The van der Waals surface area contributed by atoms with E-state index >= 15 is 0 Å². The minimum atomic E-state index is -0.0311. The lowest BCUT2D eigenvalue weighted by Crippen LogP contribution is -2.23. The number of rotatable bonds is 5. The Labute approximate surface area is 124 Å². The van der Waals surface area contributed by atoms with Crippen LogP contribution in [0.4, 0.5) is 0 Å². The molecule has 0 spiro atoms. The quantitative estimate of drug-likeness (QED) is 0.888. The molecule has 0 fully saturated rings. The van der Waals surface area contributed by atoms with Crippen LogP contribution in [0, 0.1) is 0 Å². The van der Waals surface area contributed by atoms with Gasteiger partial charge in [-0.3, -0.25) is 0 Å². The fourth-order valence-electron chi connectivity index (χ4n) is 1.93. The summed E-state index contributed by atoms with van der Waals surface area (Å²) in [7, 11) is 0. The summed E-state index contributed by atoms with van der Waals surface area (Å²) in [5.74, 6) is 0. The Morgan fingerprint density at radius 3 is 2.50 bits per heavy atom. The van der Waals surface area contributed by atoms with Gasteiger partial charge in [0.15, 0.2) is 0 Å². The molecule has 0 aliphatic carbocycles. The van der Waals surface area contributed by atoms with Crippen LogP contribution in [0.5, 0.6) is 0 Å². The topological polar surface area (TPSA) is 45.2 Å². The Bertz CT molecular complexity index is 531. The molecular weight excluding hydrogens is 268 g/mol. The van der Waals surface area contributed by atoms with Crippen LogP contribution in [0.2, 0.25) is 0 Å². The van der Waals surface area contributed by atoms with Crippen molar-refractivity contribution in [1.29, 1.82) is 0 Å². The first-order valence-electron chi connectivity index (χ1n) is 6.85. The van der Waals surface area contributed by atoms with Crippen LogP contribution in [-0.2, 0) is 12.0 Å². The number of nitrogens with one attached hydrogen (secondary N) is 1. The predicted octanol–water partition coefficient (Wildman–Crippen LogP) is 3.26. The Morgan fingerprint density at radius 2 is 1.95 bits per heavy atom. The first kappa shape index (κ1) is 15.2. The van der Waals surface area contributed by atoms with E-state index in [9.17, 15) is 5.11 Å². The van der Waals surface area contributed by atoms with Gasteiger partial charge < -0.3 is 10.4 Å². The first-order valence-corrected chi connectivity index (χ1v) is 7.66. The molecule has 4 heteroatoms. The molecule has 2 aromatic rings. The van der Waals surface area contributed by atoms with Gasteiger partial charge in [0.25, 0.3) is 0 Å². The number of nitrogens with zero attached hydrogens (tertiary/aromatic N) is 1. The van der Waals surface area contributed by atoms with E-state index in [-0.39, 0.29) is 18.1 Å². The van der Waals surface area contributed by atoms with Crippen LogP contribution >= 0.6 is 11.3 Å². The highest BCUT2D eigenvalue weighted by atomic mass is 32.1. The summed E-state index contributed by atoms with van der Waals surface area (Å²) in [4.78, 5) is 5.68.